The molecule has 1 aliphatic carbocycles. The predicted octanol–water partition coefficient (Wildman–Crippen LogP) is 1.84. The average molecular weight is 370 g/mol. The van der Waals surface area contributed by atoms with Crippen LogP contribution >= 0.6 is 0 Å². The molecule has 1 saturated heterocycles. The third kappa shape index (κ3) is 3.74. The van der Waals surface area contributed by atoms with E-state index in [1.165, 1.54) is 12.8 Å². The van der Waals surface area contributed by atoms with E-state index in [1.54, 1.807) is 17.0 Å². The van der Waals surface area contributed by atoms with Gasteiger partial charge in [-0.25, -0.2) is 4.98 Å². The predicted molar refractivity (Wildman–Crippen MR) is 99.4 cm³/mol. The summed E-state index contributed by atoms with van der Waals surface area (Å²) >= 11 is 0. The highest BCUT2D eigenvalue weighted by atomic mass is 16.2. The zero-order chi connectivity index (χ0) is 18.8. The number of aryl methyl sites for hydroxylation is 1. The second-order valence-corrected chi connectivity index (χ2v) is 7.62. The summed E-state index contributed by atoms with van der Waals surface area (Å²) in [6.07, 6.45) is 9.76. The molecule has 144 valence electrons. The lowest BCUT2D eigenvalue weighted by atomic mass is 9.94. The average Bonchev–Trinajstić information content (AvgIpc) is 3.43. The normalized spacial score (nSPS) is 20.8. The summed E-state index contributed by atoms with van der Waals surface area (Å²) in [4.78, 5) is 31.1. The van der Waals surface area contributed by atoms with E-state index >= 15 is 0 Å². The number of hydrogen-bond acceptors (Lipinski definition) is 4. The zero-order valence-corrected chi connectivity index (χ0v) is 15.6. The number of aromatic nitrogens is 4. The lowest BCUT2D eigenvalue weighted by Gasteiger charge is -2.31. The molecule has 0 aromatic carbocycles. The Hall–Kier alpha value is -2.64. The van der Waals surface area contributed by atoms with Crippen LogP contribution in [0.1, 0.15) is 71.2 Å². The van der Waals surface area contributed by atoms with Gasteiger partial charge in [-0.1, -0.05) is 12.8 Å². The highest BCUT2D eigenvalue weighted by Crippen LogP contribution is 2.27. The van der Waals surface area contributed by atoms with Crippen LogP contribution in [0.3, 0.4) is 0 Å². The molecule has 0 radical (unpaired) electrons. The number of likely N-dealkylation sites (tertiary alicyclic amines) is 1. The molecule has 2 fully saturated rings. The van der Waals surface area contributed by atoms with Crippen molar-refractivity contribution in [1.82, 2.24) is 30.0 Å². The quantitative estimate of drug-likeness (QED) is 0.858. The number of nitrogens with one attached hydrogen (secondary N) is 2. The maximum absolute atomic E-state index is 12.7. The van der Waals surface area contributed by atoms with Crippen molar-refractivity contribution < 1.29 is 9.59 Å². The van der Waals surface area contributed by atoms with Crippen molar-refractivity contribution in [3.8, 4) is 0 Å². The Labute approximate surface area is 158 Å². The molecule has 8 heteroatoms. The summed E-state index contributed by atoms with van der Waals surface area (Å²) < 4.78 is 1.74. The second-order valence-electron chi connectivity index (χ2n) is 7.62. The number of carbonyl (C=O) groups excluding carboxylic acids is 2. The summed E-state index contributed by atoms with van der Waals surface area (Å²) in [5, 5.41) is 10.3. The largest absolute Gasteiger partial charge is 0.348 e. The monoisotopic (exact) mass is 370 g/mol. The fourth-order valence-corrected chi connectivity index (χ4v) is 4.12. The minimum atomic E-state index is -0.110. The lowest BCUT2D eigenvalue weighted by Crippen LogP contribution is -2.40. The van der Waals surface area contributed by atoms with Crippen LogP contribution in [0.15, 0.2) is 18.5 Å². The Morgan fingerprint density at radius 1 is 1.22 bits per heavy atom. The van der Waals surface area contributed by atoms with Crippen LogP contribution in [-0.4, -0.2) is 55.6 Å². The van der Waals surface area contributed by atoms with E-state index < -0.39 is 0 Å². The molecule has 0 spiro atoms. The van der Waals surface area contributed by atoms with E-state index in [4.69, 9.17) is 0 Å². The van der Waals surface area contributed by atoms with Gasteiger partial charge in [0.1, 0.15) is 5.69 Å². The molecule has 1 aliphatic heterocycles. The fraction of sp³-hybridized carbons (Fsp3) is 0.579. The van der Waals surface area contributed by atoms with Crippen molar-refractivity contribution in [3.63, 3.8) is 0 Å². The van der Waals surface area contributed by atoms with Gasteiger partial charge < -0.3 is 14.8 Å². The Bertz CT molecular complexity index is 820. The van der Waals surface area contributed by atoms with Gasteiger partial charge in [-0.05, 0) is 31.7 Å². The van der Waals surface area contributed by atoms with Crippen LogP contribution in [0.2, 0.25) is 0 Å². The molecule has 27 heavy (non-hydrogen) atoms. The smallest absolute Gasteiger partial charge is 0.289 e. The molecule has 2 aromatic heterocycles. The van der Waals surface area contributed by atoms with Gasteiger partial charge in [-0.2, -0.15) is 5.10 Å². The molecule has 0 bridgehead atoms. The van der Waals surface area contributed by atoms with Gasteiger partial charge >= 0.3 is 0 Å². The molecule has 2 aliphatic rings. The van der Waals surface area contributed by atoms with Gasteiger partial charge in [0.25, 0.3) is 11.8 Å². The summed E-state index contributed by atoms with van der Waals surface area (Å²) in [6.45, 7) is 1.34. The Morgan fingerprint density at radius 2 is 2.04 bits per heavy atom. The van der Waals surface area contributed by atoms with Crippen LogP contribution in [0, 0.1) is 0 Å². The number of H-pyrrole nitrogens is 1. The number of hydrogen-bond donors (Lipinski definition) is 2. The standard InChI is InChI=1S/C19H26N6O2/c1-24-10-8-20-17(24)19(27)25-9-4-5-13(12-25)15-11-16(23-22-15)18(26)21-14-6-2-3-7-14/h8,10-11,13-14H,2-7,9,12H2,1H3,(H,21,26)(H,22,23). The fourth-order valence-electron chi connectivity index (χ4n) is 4.12. The Kier molecular flexibility index (Phi) is 4.96. The molecule has 3 heterocycles. The molecular formula is C19H26N6O2. The molecule has 2 amide bonds. The number of rotatable bonds is 4. The van der Waals surface area contributed by atoms with Gasteiger partial charge in [0, 0.05) is 50.2 Å². The number of imidazole rings is 1. The van der Waals surface area contributed by atoms with E-state index in [2.05, 4.69) is 20.5 Å². The van der Waals surface area contributed by atoms with Crippen LogP contribution in [0.25, 0.3) is 0 Å². The highest BCUT2D eigenvalue weighted by Gasteiger charge is 2.29. The van der Waals surface area contributed by atoms with E-state index in [1.807, 2.05) is 18.0 Å². The van der Waals surface area contributed by atoms with E-state index in [9.17, 15) is 9.59 Å². The van der Waals surface area contributed by atoms with Crippen molar-refractivity contribution in [3.05, 3.63) is 35.7 Å². The van der Waals surface area contributed by atoms with Crippen molar-refractivity contribution in [2.75, 3.05) is 13.1 Å². The van der Waals surface area contributed by atoms with Crippen LogP contribution in [0.5, 0.6) is 0 Å². The van der Waals surface area contributed by atoms with Crippen molar-refractivity contribution in [2.24, 2.45) is 7.05 Å². The molecular weight excluding hydrogens is 344 g/mol. The summed E-state index contributed by atoms with van der Waals surface area (Å²) in [6, 6.07) is 2.11. The van der Waals surface area contributed by atoms with Gasteiger partial charge in [-0.15, -0.1) is 0 Å². The molecule has 4 rings (SSSR count). The third-order valence-corrected chi connectivity index (χ3v) is 5.68. The maximum Gasteiger partial charge on any atom is 0.289 e. The van der Waals surface area contributed by atoms with Crippen LogP contribution < -0.4 is 5.32 Å². The minimum Gasteiger partial charge on any atom is -0.348 e. The Morgan fingerprint density at radius 3 is 2.78 bits per heavy atom. The first-order valence-corrected chi connectivity index (χ1v) is 9.74. The maximum atomic E-state index is 12.7. The van der Waals surface area contributed by atoms with Gasteiger partial charge in [0.05, 0.1) is 0 Å². The van der Waals surface area contributed by atoms with Gasteiger partial charge in [0.2, 0.25) is 0 Å². The molecule has 2 N–H and O–H groups in total. The number of aromatic amines is 1. The highest BCUT2D eigenvalue weighted by molar-refractivity contribution is 5.92. The summed E-state index contributed by atoms with van der Waals surface area (Å²) in [5.74, 6) is 0.451. The van der Waals surface area contributed by atoms with Crippen molar-refractivity contribution in [1.29, 1.82) is 0 Å². The van der Waals surface area contributed by atoms with E-state index in [0.717, 1.165) is 37.9 Å². The van der Waals surface area contributed by atoms with E-state index in [-0.39, 0.29) is 23.8 Å². The molecule has 8 nitrogen and oxygen atoms in total. The summed E-state index contributed by atoms with van der Waals surface area (Å²) in [7, 11) is 1.83. The van der Waals surface area contributed by atoms with E-state index in [0.29, 0.717) is 18.1 Å². The van der Waals surface area contributed by atoms with Gasteiger partial charge in [0.15, 0.2) is 5.82 Å². The summed E-state index contributed by atoms with van der Waals surface area (Å²) in [5.41, 5.74) is 1.35. The minimum absolute atomic E-state index is 0.0501. The molecule has 2 aromatic rings. The van der Waals surface area contributed by atoms with Crippen LogP contribution in [0.4, 0.5) is 0 Å². The first kappa shape index (κ1) is 17.8. The van der Waals surface area contributed by atoms with Crippen LogP contribution in [-0.2, 0) is 7.05 Å². The Balaban J connectivity index is 1.41. The third-order valence-electron chi connectivity index (χ3n) is 5.68. The van der Waals surface area contributed by atoms with Gasteiger partial charge in [-0.3, -0.25) is 14.7 Å². The SMILES string of the molecule is Cn1ccnc1C(=O)N1CCCC(c2cc(C(=O)NC3CCCC3)n[nH]2)C1. The van der Waals surface area contributed by atoms with Crippen molar-refractivity contribution in [2.45, 2.75) is 50.5 Å². The zero-order valence-electron chi connectivity index (χ0n) is 15.6. The first-order valence-electron chi connectivity index (χ1n) is 9.74. The van der Waals surface area contributed by atoms with Crippen molar-refractivity contribution >= 4 is 11.8 Å². The second kappa shape index (κ2) is 7.54. The first-order chi connectivity index (χ1) is 13.1. The molecule has 1 unspecified atom stereocenters. The number of amides is 2. The topological polar surface area (TPSA) is 95.9 Å². The molecule has 1 atom stereocenters. The number of carbonyl (C=O) groups is 2. The molecule has 1 saturated carbocycles. The number of nitrogens with zero attached hydrogens (tertiary/aromatic N) is 4. The lowest BCUT2D eigenvalue weighted by molar-refractivity contribution is 0.0689. The number of piperidine rings is 1.